The van der Waals surface area contributed by atoms with Crippen molar-refractivity contribution in [3.05, 3.63) is 11.1 Å². The van der Waals surface area contributed by atoms with Crippen LogP contribution in [-0.4, -0.2) is 84.5 Å². The number of morpholine rings is 1. The van der Waals surface area contributed by atoms with Crippen molar-refractivity contribution in [1.29, 1.82) is 0 Å². The second-order valence-corrected chi connectivity index (χ2v) is 8.04. The molecule has 0 aromatic carbocycles. The van der Waals surface area contributed by atoms with Crippen molar-refractivity contribution in [2.75, 3.05) is 57.4 Å². The normalized spacial score (nSPS) is 24.0. The number of ether oxygens (including phenoxy) is 1. The van der Waals surface area contributed by atoms with Crippen molar-refractivity contribution < 1.29 is 9.84 Å². The highest BCUT2D eigenvalue weighted by atomic mass is 32.1. The van der Waals surface area contributed by atoms with Crippen LogP contribution in [-0.2, 0) is 11.3 Å². The number of hydrogen-bond donors (Lipinski definition) is 1. The highest BCUT2D eigenvalue weighted by Gasteiger charge is 2.28. The molecule has 1 unspecified atom stereocenters. The van der Waals surface area contributed by atoms with Crippen molar-refractivity contribution in [3.8, 4) is 0 Å². The summed E-state index contributed by atoms with van der Waals surface area (Å²) in [5, 5.41) is 10.5. The predicted octanol–water partition coefficient (Wildman–Crippen LogP) is 1.26. The lowest BCUT2D eigenvalue weighted by Crippen LogP contribution is -2.55. The van der Waals surface area contributed by atoms with Crippen LogP contribution in [0.25, 0.3) is 0 Å². The molecule has 2 aliphatic rings. The van der Waals surface area contributed by atoms with Gasteiger partial charge in [-0.05, 0) is 20.3 Å². The van der Waals surface area contributed by atoms with Gasteiger partial charge in [0.15, 0.2) is 5.13 Å². The lowest BCUT2D eigenvalue weighted by molar-refractivity contribution is 0.0353. The van der Waals surface area contributed by atoms with E-state index in [0.717, 1.165) is 64.0 Å². The molecule has 1 N–H and O–H groups in total. The molecule has 0 saturated carbocycles. The summed E-state index contributed by atoms with van der Waals surface area (Å²) in [6, 6.07) is 0.996. The number of aliphatic hydroxyl groups excluding tert-OH is 1. The fraction of sp³-hybridized carbons (Fsp3) is 0.824. The molecule has 0 radical (unpaired) electrons. The molecule has 136 valence electrons. The summed E-state index contributed by atoms with van der Waals surface area (Å²) in [4.78, 5) is 13.3. The van der Waals surface area contributed by atoms with E-state index >= 15 is 0 Å². The van der Waals surface area contributed by atoms with E-state index in [2.05, 4.69) is 33.5 Å². The van der Waals surface area contributed by atoms with E-state index in [4.69, 9.17) is 4.74 Å². The number of nitrogens with zero attached hydrogens (tertiary/aromatic N) is 4. The van der Waals surface area contributed by atoms with Crippen LogP contribution in [0.15, 0.2) is 6.20 Å². The fourth-order valence-electron chi connectivity index (χ4n) is 3.65. The Kier molecular flexibility index (Phi) is 6.46. The Morgan fingerprint density at radius 2 is 2.08 bits per heavy atom. The largest absolute Gasteiger partial charge is 0.396 e. The Bertz CT molecular complexity index is 505. The molecule has 1 aromatic rings. The van der Waals surface area contributed by atoms with Gasteiger partial charge in [-0.2, -0.15) is 0 Å². The van der Waals surface area contributed by atoms with E-state index in [1.807, 2.05) is 17.5 Å². The van der Waals surface area contributed by atoms with Crippen molar-refractivity contribution in [2.24, 2.45) is 0 Å². The van der Waals surface area contributed by atoms with E-state index < -0.39 is 0 Å². The molecule has 0 spiro atoms. The molecule has 1 atom stereocenters. The van der Waals surface area contributed by atoms with Gasteiger partial charge in [-0.25, -0.2) is 4.98 Å². The lowest BCUT2D eigenvalue weighted by Gasteiger charge is -2.43. The van der Waals surface area contributed by atoms with Gasteiger partial charge in [0.25, 0.3) is 0 Å². The first-order valence-corrected chi connectivity index (χ1v) is 9.85. The third kappa shape index (κ3) is 4.46. The number of piperazine rings is 1. The first kappa shape index (κ1) is 18.1. The maximum atomic E-state index is 9.37. The Hall–Kier alpha value is -0.730. The molecule has 2 fully saturated rings. The van der Waals surface area contributed by atoms with Crippen molar-refractivity contribution in [2.45, 2.75) is 38.9 Å². The van der Waals surface area contributed by atoms with E-state index in [1.54, 1.807) is 0 Å². The standard InChI is InChI=1S/C17H30N4O2S/c1-14(2)21-5-4-19(12-15(21)3-8-22)13-16-11-18-17(24-16)20-6-9-23-10-7-20/h11,14-15,22H,3-10,12-13H2,1-2H3. The van der Waals surface area contributed by atoms with Crippen LogP contribution in [0.4, 0.5) is 5.13 Å². The zero-order valence-corrected chi connectivity index (χ0v) is 15.7. The maximum Gasteiger partial charge on any atom is 0.185 e. The summed E-state index contributed by atoms with van der Waals surface area (Å²) in [6.45, 7) is 12.4. The van der Waals surface area contributed by atoms with Gasteiger partial charge in [-0.1, -0.05) is 0 Å². The summed E-state index contributed by atoms with van der Waals surface area (Å²) in [5.74, 6) is 0. The molecule has 1 aromatic heterocycles. The Labute approximate surface area is 149 Å². The highest BCUT2D eigenvalue weighted by molar-refractivity contribution is 7.15. The van der Waals surface area contributed by atoms with Crippen LogP contribution in [0.2, 0.25) is 0 Å². The summed E-state index contributed by atoms with van der Waals surface area (Å²) < 4.78 is 5.42. The van der Waals surface area contributed by atoms with E-state index in [9.17, 15) is 5.11 Å². The van der Waals surface area contributed by atoms with Gasteiger partial charge in [0.1, 0.15) is 0 Å². The SMILES string of the molecule is CC(C)N1CCN(Cc2cnc(N3CCOCC3)s2)CC1CCO. The summed E-state index contributed by atoms with van der Waals surface area (Å²) in [7, 11) is 0. The minimum atomic E-state index is 0.267. The number of rotatable bonds is 6. The molecule has 7 heteroatoms. The van der Waals surface area contributed by atoms with Crippen molar-refractivity contribution in [3.63, 3.8) is 0 Å². The van der Waals surface area contributed by atoms with Crippen LogP contribution < -0.4 is 4.90 Å². The van der Waals surface area contributed by atoms with Gasteiger partial charge in [-0.15, -0.1) is 11.3 Å². The highest BCUT2D eigenvalue weighted by Crippen LogP contribution is 2.25. The van der Waals surface area contributed by atoms with Crippen LogP contribution in [0, 0.1) is 0 Å². The van der Waals surface area contributed by atoms with Gasteiger partial charge < -0.3 is 14.7 Å². The molecule has 6 nitrogen and oxygen atoms in total. The summed E-state index contributed by atoms with van der Waals surface area (Å²) in [6.07, 6.45) is 2.89. The second-order valence-electron chi connectivity index (χ2n) is 6.94. The maximum absolute atomic E-state index is 9.37. The molecule has 3 heterocycles. The van der Waals surface area contributed by atoms with Crippen molar-refractivity contribution >= 4 is 16.5 Å². The number of hydrogen-bond acceptors (Lipinski definition) is 7. The Morgan fingerprint density at radius 3 is 2.79 bits per heavy atom. The van der Waals surface area contributed by atoms with Gasteiger partial charge in [0.2, 0.25) is 0 Å². The molecule has 2 saturated heterocycles. The second kappa shape index (κ2) is 8.58. The quantitative estimate of drug-likeness (QED) is 0.830. The van der Waals surface area contributed by atoms with Gasteiger partial charge >= 0.3 is 0 Å². The molecule has 0 aliphatic carbocycles. The Morgan fingerprint density at radius 1 is 1.29 bits per heavy atom. The average molecular weight is 355 g/mol. The lowest BCUT2D eigenvalue weighted by atomic mass is 10.1. The molecule has 24 heavy (non-hydrogen) atoms. The molecule has 0 bridgehead atoms. The van der Waals surface area contributed by atoms with Crippen LogP contribution in [0.5, 0.6) is 0 Å². The third-order valence-electron chi connectivity index (χ3n) is 4.94. The average Bonchev–Trinajstić information content (AvgIpc) is 3.04. The smallest absolute Gasteiger partial charge is 0.185 e. The first-order valence-electron chi connectivity index (χ1n) is 9.03. The zero-order chi connectivity index (χ0) is 16.9. The van der Waals surface area contributed by atoms with E-state index in [0.29, 0.717) is 12.1 Å². The predicted molar refractivity (Wildman–Crippen MR) is 97.8 cm³/mol. The minimum absolute atomic E-state index is 0.267. The Balaban J connectivity index is 1.57. The summed E-state index contributed by atoms with van der Waals surface area (Å²) in [5.41, 5.74) is 0. The van der Waals surface area contributed by atoms with Gasteiger partial charge in [0, 0.05) is 69.0 Å². The molecular weight excluding hydrogens is 324 g/mol. The molecular formula is C17H30N4O2S. The monoisotopic (exact) mass is 354 g/mol. The zero-order valence-electron chi connectivity index (χ0n) is 14.9. The number of aliphatic hydroxyl groups is 1. The third-order valence-corrected chi connectivity index (χ3v) is 5.98. The van der Waals surface area contributed by atoms with Gasteiger partial charge in [0.05, 0.1) is 13.2 Å². The van der Waals surface area contributed by atoms with Crippen LogP contribution in [0.1, 0.15) is 25.1 Å². The number of aromatic nitrogens is 1. The van der Waals surface area contributed by atoms with E-state index in [1.165, 1.54) is 4.88 Å². The van der Waals surface area contributed by atoms with Crippen molar-refractivity contribution in [1.82, 2.24) is 14.8 Å². The van der Waals surface area contributed by atoms with E-state index in [-0.39, 0.29) is 6.61 Å². The molecule has 3 rings (SSSR count). The molecule has 2 aliphatic heterocycles. The van der Waals surface area contributed by atoms with Gasteiger partial charge in [-0.3, -0.25) is 9.80 Å². The summed E-state index contributed by atoms with van der Waals surface area (Å²) >= 11 is 1.81. The fourth-order valence-corrected chi connectivity index (χ4v) is 4.66. The first-order chi connectivity index (χ1) is 11.7. The number of thiazole rings is 1. The minimum Gasteiger partial charge on any atom is -0.396 e. The topological polar surface area (TPSA) is 52.1 Å². The van der Waals surface area contributed by atoms with Crippen LogP contribution >= 0.6 is 11.3 Å². The number of anilines is 1. The molecule has 0 amide bonds. The van der Waals surface area contributed by atoms with Crippen LogP contribution in [0.3, 0.4) is 0 Å².